The maximum Gasteiger partial charge on any atom is 0.272 e. The molecule has 1 aromatic rings. The van der Waals surface area contributed by atoms with Crippen LogP contribution in [0.2, 0.25) is 5.02 Å². The Kier molecular flexibility index (Phi) is 4.43. The number of hydrogen-bond donors (Lipinski definition) is 0. The van der Waals surface area contributed by atoms with Gasteiger partial charge in [0.05, 0.1) is 29.7 Å². The molecular weight excluding hydrogens is 275 g/mol. The molecular formula is C12H14Cl2N2O2. The zero-order valence-corrected chi connectivity index (χ0v) is 11.5. The van der Waals surface area contributed by atoms with Gasteiger partial charge in [0.1, 0.15) is 5.69 Å². The van der Waals surface area contributed by atoms with E-state index in [2.05, 4.69) is 4.98 Å². The minimum Gasteiger partial charge on any atom is -0.373 e. The second-order valence-electron chi connectivity index (χ2n) is 4.28. The van der Waals surface area contributed by atoms with E-state index in [0.29, 0.717) is 29.7 Å². The summed E-state index contributed by atoms with van der Waals surface area (Å²) in [4.78, 5) is 18.1. The van der Waals surface area contributed by atoms with Crippen molar-refractivity contribution in [2.75, 3.05) is 19.0 Å². The third-order valence-electron chi connectivity index (χ3n) is 2.88. The highest BCUT2D eigenvalue weighted by Crippen LogP contribution is 2.16. The zero-order valence-electron chi connectivity index (χ0n) is 9.97. The summed E-state index contributed by atoms with van der Waals surface area (Å²) in [5, 5.41) is 0.514. The van der Waals surface area contributed by atoms with Crippen molar-refractivity contribution in [3.8, 4) is 0 Å². The Morgan fingerprint density at radius 3 is 3.00 bits per heavy atom. The molecule has 18 heavy (non-hydrogen) atoms. The molecule has 0 saturated carbocycles. The van der Waals surface area contributed by atoms with Crippen molar-refractivity contribution in [2.24, 2.45) is 0 Å². The number of carbonyl (C=O) groups is 1. The second kappa shape index (κ2) is 5.87. The van der Waals surface area contributed by atoms with Crippen LogP contribution in [-0.2, 0) is 4.74 Å². The van der Waals surface area contributed by atoms with Gasteiger partial charge in [-0.25, -0.2) is 4.98 Å². The Balaban J connectivity index is 2.13. The first-order valence-electron chi connectivity index (χ1n) is 5.72. The molecule has 98 valence electrons. The van der Waals surface area contributed by atoms with Crippen molar-refractivity contribution in [2.45, 2.75) is 19.1 Å². The number of nitrogens with zero attached hydrogens (tertiary/aromatic N) is 2. The van der Waals surface area contributed by atoms with Crippen LogP contribution >= 0.6 is 23.2 Å². The van der Waals surface area contributed by atoms with Crippen LogP contribution in [0.15, 0.2) is 18.3 Å². The molecule has 1 aromatic heterocycles. The van der Waals surface area contributed by atoms with Crippen molar-refractivity contribution >= 4 is 29.1 Å². The van der Waals surface area contributed by atoms with Crippen LogP contribution in [0.1, 0.15) is 17.4 Å². The topological polar surface area (TPSA) is 42.4 Å². The number of pyridine rings is 1. The Morgan fingerprint density at radius 2 is 2.39 bits per heavy atom. The molecule has 2 rings (SSSR count). The zero-order chi connectivity index (χ0) is 13.1. The molecule has 0 bridgehead atoms. The molecule has 0 spiro atoms. The van der Waals surface area contributed by atoms with Crippen molar-refractivity contribution in [3.05, 3.63) is 29.0 Å². The number of hydrogen-bond acceptors (Lipinski definition) is 3. The normalized spacial score (nSPS) is 24.1. The molecule has 2 atom stereocenters. The van der Waals surface area contributed by atoms with Crippen LogP contribution in [0.3, 0.4) is 0 Å². The summed E-state index contributed by atoms with van der Waals surface area (Å²) in [6, 6.07) is 3.31. The van der Waals surface area contributed by atoms with E-state index in [9.17, 15) is 4.79 Å². The largest absolute Gasteiger partial charge is 0.373 e. The van der Waals surface area contributed by atoms with Gasteiger partial charge in [-0.1, -0.05) is 11.6 Å². The number of rotatable bonds is 2. The van der Waals surface area contributed by atoms with Crippen LogP contribution in [0, 0.1) is 0 Å². The summed E-state index contributed by atoms with van der Waals surface area (Å²) in [5.41, 5.74) is 0.390. The number of carbonyl (C=O) groups excluding carboxylic acids is 1. The molecule has 6 heteroatoms. The SMILES string of the molecule is CC1COC(CCl)CN1C(=O)c1ccc(Cl)cn1. The lowest BCUT2D eigenvalue weighted by Crippen LogP contribution is -2.51. The molecule has 0 aliphatic carbocycles. The Hall–Kier alpha value is -0.840. The summed E-state index contributed by atoms with van der Waals surface area (Å²) in [6.07, 6.45) is 1.36. The summed E-state index contributed by atoms with van der Waals surface area (Å²) in [7, 11) is 0. The lowest BCUT2D eigenvalue weighted by molar-refractivity contribution is -0.0373. The third kappa shape index (κ3) is 2.94. The highest BCUT2D eigenvalue weighted by molar-refractivity contribution is 6.30. The number of morpholine rings is 1. The molecule has 1 aliphatic rings. The monoisotopic (exact) mass is 288 g/mol. The van der Waals surface area contributed by atoms with Gasteiger partial charge in [0.2, 0.25) is 0 Å². The highest BCUT2D eigenvalue weighted by atomic mass is 35.5. The molecule has 2 heterocycles. The van der Waals surface area contributed by atoms with Gasteiger partial charge in [-0.3, -0.25) is 4.79 Å². The lowest BCUT2D eigenvalue weighted by atomic mass is 10.2. The quantitative estimate of drug-likeness (QED) is 0.784. The first kappa shape index (κ1) is 13.6. The standard InChI is InChI=1S/C12H14Cl2N2O2/c1-8-7-18-10(4-13)6-16(8)12(17)11-3-2-9(14)5-15-11/h2-3,5,8,10H,4,6-7H2,1H3. The van der Waals surface area contributed by atoms with Gasteiger partial charge in [0, 0.05) is 12.7 Å². The van der Waals surface area contributed by atoms with E-state index in [4.69, 9.17) is 27.9 Å². The lowest BCUT2D eigenvalue weighted by Gasteiger charge is -2.37. The van der Waals surface area contributed by atoms with Gasteiger partial charge >= 0.3 is 0 Å². The van der Waals surface area contributed by atoms with Gasteiger partial charge in [-0.05, 0) is 19.1 Å². The van der Waals surface area contributed by atoms with E-state index in [1.807, 2.05) is 6.92 Å². The van der Waals surface area contributed by atoms with E-state index in [1.54, 1.807) is 17.0 Å². The summed E-state index contributed by atoms with van der Waals surface area (Å²) in [6.45, 7) is 2.93. The van der Waals surface area contributed by atoms with Gasteiger partial charge < -0.3 is 9.64 Å². The van der Waals surface area contributed by atoms with E-state index in [-0.39, 0.29) is 18.1 Å². The molecule has 0 radical (unpaired) electrons. The molecule has 1 saturated heterocycles. The maximum atomic E-state index is 12.3. The molecule has 0 aromatic carbocycles. The Bertz CT molecular complexity index is 425. The van der Waals surface area contributed by atoms with Crippen molar-refractivity contribution < 1.29 is 9.53 Å². The van der Waals surface area contributed by atoms with Crippen LogP contribution in [0.4, 0.5) is 0 Å². The Labute approximate surface area is 116 Å². The van der Waals surface area contributed by atoms with E-state index < -0.39 is 0 Å². The van der Waals surface area contributed by atoms with E-state index in [0.717, 1.165) is 0 Å². The van der Waals surface area contributed by atoms with Crippen molar-refractivity contribution in [3.63, 3.8) is 0 Å². The Morgan fingerprint density at radius 1 is 1.61 bits per heavy atom. The number of amides is 1. The van der Waals surface area contributed by atoms with Gasteiger partial charge in [0.15, 0.2) is 0 Å². The molecule has 1 fully saturated rings. The fourth-order valence-electron chi connectivity index (χ4n) is 1.84. The highest BCUT2D eigenvalue weighted by Gasteiger charge is 2.30. The predicted molar refractivity (Wildman–Crippen MR) is 70.2 cm³/mol. The molecule has 0 N–H and O–H groups in total. The first-order valence-corrected chi connectivity index (χ1v) is 6.63. The van der Waals surface area contributed by atoms with Crippen molar-refractivity contribution in [1.29, 1.82) is 0 Å². The molecule has 2 unspecified atom stereocenters. The number of alkyl halides is 1. The van der Waals surface area contributed by atoms with Crippen LogP contribution in [0.25, 0.3) is 0 Å². The predicted octanol–water partition coefficient (Wildman–Crippen LogP) is 2.20. The van der Waals surface area contributed by atoms with Crippen LogP contribution in [-0.4, -0.2) is 47.0 Å². The molecule has 1 aliphatic heterocycles. The second-order valence-corrected chi connectivity index (χ2v) is 5.02. The fourth-order valence-corrected chi connectivity index (χ4v) is 2.14. The van der Waals surface area contributed by atoms with Gasteiger partial charge in [-0.15, -0.1) is 11.6 Å². The summed E-state index contributed by atoms with van der Waals surface area (Å²) < 4.78 is 5.51. The smallest absolute Gasteiger partial charge is 0.272 e. The third-order valence-corrected chi connectivity index (χ3v) is 3.45. The molecule has 1 amide bonds. The average Bonchev–Trinajstić information content (AvgIpc) is 2.39. The first-order chi connectivity index (χ1) is 8.61. The van der Waals surface area contributed by atoms with E-state index >= 15 is 0 Å². The average molecular weight is 289 g/mol. The van der Waals surface area contributed by atoms with Gasteiger partial charge in [-0.2, -0.15) is 0 Å². The number of aromatic nitrogens is 1. The fraction of sp³-hybridized carbons (Fsp3) is 0.500. The minimum atomic E-state index is -0.113. The van der Waals surface area contributed by atoms with Crippen molar-refractivity contribution in [1.82, 2.24) is 9.88 Å². The maximum absolute atomic E-state index is 12.3. The number of halogens is 2. The molecule has 4 nitrogen and oxygen atoms in total. The minimum absolute atomic E-state index is 0.0226. The van der Waals surface area contributed by atoms with E-state index in [1.165, 1.54) is 6.20 Å². The summed E-state index contributed by atoms with van der Waals surface area (Å²) in [5.74, 6) is 0.266. The summed E-state index contributed by atoms with van der Waals surface area (Å²) >= 11 is 11.5. The number of ether oxygens (including phenoxy) is 1. The van der Waals surface area contributed by atoms with Gasteiger partial charge in [0.25, 0.3) is 5.91 Å². The van der Waals surface area contributed by atoms with Crippen LogP contribution < -0.4 is 0 Å². The van der Waals surface area contributed by atoms with Crippen LogP contribution in [0.5, 0.6) is 0 Å².